The number of amides is 1. The summed E-state index contributed by atoms with van der Waals surface area (Å²) in [6, 6.07) is 14.1. The smallest absolute Gasteiger partial charge is 0.416 e. The summed E-state index contributed by atoms with van der Waals surface area (Å²) in [5.74, 6) is -0.142. The van der Waals surface area contributed by atoms with E-state index in [-0.39, 0.29) is 23.3 Å². The molecule has 0 aliphatic heterocycles. The van der Waals surface area contributed by atoms with E-state index in [1.807, 2.05) is 0 Å². The van der Waals surface area contributed by atoms with Crippen molar-refractivity contribution >= 4 is 5.91 Å². The van der Waals surface area contributed by atoms with Gasteiger partial charge in [-0.15, -0.1) is 0 Å². The molecule has 3 rings (SSSR count). The summed E-state index contributed by atoms with van der Waals surface area (Å²) in [6.07, 6.45) is -5.51. The Balaban J connectivity index is 1.86. The predicted molar refractivity (Wildman–Crippen MR) is 129 cm³/mol. The number of unbranched alkanes of at least 4 members (excludes halogenated alkanes) is 3. The van der Waals surface area contributed by atoms with Crippen molar-refractivity contribution in [1.82, 2.24) is 0 Å². The third kappa shape index (κ3) is 7.74. The fraction of sp³-hybridized carbons (Fsp3) is 0.321. The Labute approximate surface area is 211 Å². The molecule has 1 amide bonds. The number of ether oxygens (including phenoxy) is 1. The van der Waals surface area contributed by atoms with Crippen LogP contribution in [0.2, 0.25) is 0 Å². The number of benzene rings is 3. The van der Waals surface area contributed by atoms with E-state index in [0.29, 0.717) is 29.9 Å². The zero-order valence-electron chi connectivity index (χ0n) is 20.1. The van der Waals surface area contributed by atoms with Crippen LogP contribution >= 0.6 is 0 Å². The molecule has 0 aliphatic rings. The summed E-state index contributed by atoms with van der Waals surface area (Å²) in [4.78, 5) is 11.4. The van der Waals surface area contributed by atoms with E-state index in [0.717, 1.165) is 31.2 Å². The molecule has 0 saturated carbocycles. The lowest BCUT2D eigenvalue weighted by atomic mass is 9.99. The van der Waals surface area contributed by atoms with Gasteiger partial charge in [0, 0.05) is 5.56 Å². The number of halogens is 6. The summed E-state index contributed by atoms with van der Waals surface area (Å²) in [5, 5.41) is 0. The van der Waals surface area contributed by atoms with Crippen LogP contribution in [0.1, 0.15) is 72.2 Å². The van der Waals surface area contributed by atoms with Gasteiger partial charge in [0.1, 0.15) is 11.9 Å². The lowest BCUT2D eigenvalue weighted by molar-refractivity contribution is -0.143. The molecule has 1 unspecified atom stereocenters. The van der Waals surface area contributed by atoms with E-state index in [4.69, 9.17) is 10.5 Å². The minimum Gasteiger partial charge on any atom is -0.486 e. The molecule has 0 aromatic heterocycles. The van der Waals surface area contributed by atoms with Crippen LogP contribution in [0.3, 0.4) is 0 Å². The molecule has 2 N–H and O–H groups in total. The molecule has 3 aromatic rings. The zero-order valence-corrected chi connectivity index (χ0v) is 20.1. The van der Waals surface area contributed by atoms with Gasteiger partial charge in [-0.05, 0) is 72.0 Å². The number of carbonyl (C=O) groups excluding carboxylic acids is 1. The molecule has 198 valence electrons. The topological polar surface area (TPSA) is 52.3 Å². The molecule has 3 nitrogen and oxygen atoms in total. The molecule has 0 fully saturated rings. The van der Waals surface area contributed by atoms with Crippen LogP contribution in [-0.2, 0) is 12.4 Å². The molecule has 9 heteroatoms. The SMILES string of the molecule is CCCCCCC(Oc1ccc(-c2cc(C(F)(F)F)cc(C(F)(F)F)c2)cc1)c1ccc(C(N)=O)cc1. The minimum absolute atomic E-state index is 0.105. The second-order valence-corrected chi connectivity index (χ2v) is 8.76. The first-order chi connectivity index (χ1) is 17.4. The second-order valence-electron chi connectivity index (χ2n) is 8.76. The van der Waals surface area contributed by atoms with Crippen LogP contribution in [0, 0.1) is 0 Å². The van der Waals surface area contributed by atoms with Crippen molar-refractivity contribution in [1.29, 1.82) is 0 Å². The first-order valence-electron chi connectivity index (χ1n) is 11.8. The normalized spacial score (nSPS) is 12.8. The Kier molecular flexibility index (Phi) is 8.89. The van der Waals surface area contributed by atoms with Crippen LogP contribution in [-0.4, -0.2) is 5.91 Å². The third-order valence-corrected chi connectivity index (χ3v) is 5.94. The first-order valence-corrected chi connectivity index (χ1v) is 11.8. The highest BCUT2D eigenvalue weighted by atomic mass is 19.4. The van der Waals surface area contributed by atoms with Crippen molar-refractivity contribution in [3.8, 4) is 16.9 Å². The van der Waals surface area contributed by atoms with Crippen LogP contribution in [0.4, 0.5) is 26.3 Å². The molecule has 0 spiro atoms. The standard InChI is InChI=1S/C28H27F6NO2/c1-2-3-4-5-6-25(19-7-9-20(10-8-19)26(35)36)37-24-13-11-18(12-14-24)21-15-22(27(29,30)31)17-23(16-21)28(32,33)34/h7-17,25H,2-6H2,1H3,(H2,35,36). The van der Waals surface area contributed by atoms with Crippen molar-refractivity contribution in [2.75, 3.05) is 0 Å². The Morgan fingerprint density at radius 3 is 1.84 bits per heavy atom. The molecule has 1 atom stereocenters. The Morgan fingerprint density at radius 1 is 0.784 bits per heavy atom. The van der Waals surface area contributed by atoms with Gasteiger partial charge in [0.25, 0.3) is 0 Å². The summed E-state index contributed by atoms with van der Waals surface area (Å²) < 4.78 is 85.5. The lowest BCUT2D eigenvalue weighted by Crippen LogP contribution is -2.12. The van der Waals surface area contributed by atoms with Crippen molar-refractivity contribution in [3.63, 3.8) is 0 Å². The Hall–Kier alpha value is -3.49. The number of rotatable bonds is 10. The van der Waals surface area contributed by atoms with Crippen LogP contribution in [0.5, 0.6) is 5.75 Å². The van der Waals surface area contributed by atoms with Crippen molar-refractivity contribution in [2.24, 2.45) is 5.73 Å². The van der Waals surface area contributed by atoms with Crippen LogP contribution in [0.25, 0.3) is 11.1 Å². The quantitative estimate of drug-likeness (QED) is 0.214. The molecule has 0 heterocycles. The minimum atomic E-state index is -4.92. The van der Waals surface area contributed by atoms with Crippen LogP contribution < -0.4 is 10.5 Å². The highest BCUT2D eigenvalue weighted by molar-refractivity contribution is 5.92. The van der Waals surface area contributed by atoms with Gasteiger partial charge in [-0.25, -0.2) is 0 Å². The summed E-state index contributed by atoms with van der Waals surface area (Å²) in [5.41, 5.74) is 3.73. The largest absolute Gasteiger partial charge is 0.486 e. The molecular formula is C28H27F6NO2. The van der Waals surface area contributed by atoms with Crippen LogP contribution in [0.15, 0.2) is 66.7 Å². The Morgan fingerprint density at radius 2 is 1.35 bits per heavy atom. The molecule has 0 aliphatic carbocycles. The van der Waals surface area contributed by atoms with Gasteiger partial charge in [0.05, 0.1) is 11.1 Å². The highest BCUT2D eigenvalue weighted by Gasteiger charge is 2.37. The average Bonchev–Trinajstić information content (AvgIpc) is 2.85. The molecule has 0 radical (unpaired) electrons. The van der Waals surface area contributed by atoms with Gasteiger partial charge in [-0.2, -0.15) is 26.3 Å². The molecule has 0 saturated heterocycles. The monoisotopic (exact) mass is 523 g/mol. The molecule has 37 heavy (non-hydrogen) atoms. The average molecular weight is 524 g/mol. The number of primary amides is 1. The predicted octanol–water partition coefficient (Wildman–Crippen LogP) is 8.58. The van der Waals surface area contributed by atoms with E-state index in [1.165, 1.54) is 24.3 Å². The fourth-order valence-electron chi connectivity index (χ4n) is 3.92. The zero-order chi connectivity index (χ0) is 27.2. The summed E-state index contributed by atoms with van der Waals surface area (Å²) >= 11 is 0. The highest BCUT2D eigenvalue weighted by Crippen LogP contribution is 2.39. The lowest BCUT2D eigenvalue weighted by Gasteiger charge is -2.20. The van der Waals surface area contributed by atoms with E-state index in [9.17, 15) is 31.1 Å². The van der Waals surface area contributed by atoms with Gasteiger partial charge in [0.2, 0.25) is 5.91 Å². The Bertz CT molecular complexity index is 1150. The van der Waals surface area contributed by atoms with Gasteiger partial charge >= 0.3 is 12.4 Å². The maximum atomic E-state index is 13.2. The number of hydrogen-bond donors (Lipinski definition) is 1. The van der Waals surface area contributed by atoms with Crippen molar-refractivity contribution in [2.45, 2.75) is 57.5 Å². The second kappa shape index (κ2) is 11.7. The first kappa shape index (κ1) is 28.1. The maximum Gasteiger partial charge on any atom is 0.416 e. The van der Waals surface area contributed by atoms with Gasteiger partial charge in [-0.3, -0.25) is 4.79 Å². The van der Waals surface area contributed by atoms with E-state index in [1.54, 1.807) is 24.3 Å². The van der Waals surface area contributed by atoms with Gasteiger partial charge < -0.3 is 10.5 Å². The maximum absolute atomic E-state index is 13.2. The molecule has 0 bridgehead atoms. The third-order valence-electron chi connectivity index (χ3n) is 5.94. The van der Waals surface area contributed by atoms with E-state index in [2.05, 4.69) is 6.92 Å². The van der Waals surface area contributed by atoms with Crippen molar-refractivity contribution in [3.05, 3.63) is 89.0 Å². The molecule has 3 aromatic carbocycles. The molecular weight excluding hydrogens is 496 g/mol. The van der Waals surface area contributed by atoms with E-state index < -0.39 is 29.4 Å². The number of alkyl halides is 6. The van der Waals surface area contributed by atoms with Crippen molar-refractivity contribution < 1.29 is 35.9 Å². The summed E-state index contributed by atoms with van der Waals surface area (Å²) in [6.45, 7) is 2.10. The fourth-order valence-corrected chi connectivity index (χ4v) is 3.92. The van der Waals surface area contributed by atoms with E-state index >= 15 is 0 Å². The number of nitrogens with two attached hydrogens (primary N) is 1. The number of carbonyl (C=O) groups is 1. The summed E-state index contributed by atoms with van der Waals surface area (Å²) in [7, 11) is 0. The van der Waals surface area contributed by atoms with Gasteiger partial charge in [-0.1, -0.05) is 50.5 Å². The number of hydrogen-bond acceptors (Lipinski definition) is 2. The van der Waals surface area contributed by atoms with Gasteiger partial charge in [0.15, 0.2) is 0 Å².